The lowest BCUT2D eigenvalue weighted by molar-refractivity contribution is 0.0675. The highest BCUT2D eigenvalue weighted by molar-refractivity contribution is 14.1. The standard InChI is InChI=1S/C11H19IO/c1-10(2)3-4-11(8-10)5-6-13-9(11)7-12/h9H,3-8H2,1-2H3. The van der Waals surface area contributed by atoms with Gasteiger partial charge in [0.1, 0.15) is 0 Å². The van der Waals surface area contributed by atoms with Gasteiger partial charge in [0.05, 0.1) is 6.10 Å². The number of ether oxygens (including phenoxy) is 1. The van der Waals surface area contributed by atoms with Gasteiger partial charge in [-0.2, -0.15) is 0 Å². The van der Waals surface area contributed by atoms with Crippen molar-refractivity contribution in [1.82, 2.24) is 0 Å². The molecular weight excluding hydrogens is 275 g/mol. The van der Waals surface area contributed by atoms with E-state index in [2.05, 4.69) is 36.4 Å². The number of rotatable bonds is 1. The molecule has 76 valence electrons. The average Bonchev–Trinajstić information content (AvgIpc) is 2.57. The number of hydrogen-bond donors (Lipinski definition) is 0. The van der Waals surface area contributed by atoms with Crippen LogP contribution >= 0.6 is 22.6 Å². The molecule has 2 atom stereocenters. The Kier molecular flexibility index (Phi) is 2.65. The zero-order valence-corrected chi connectivity index (χ0v) is 10.8. The second-order valence-electron chi connectivity index (χ2n) is 5.47. The molecule has 1 saturated heterocycles. The van der Waals surface area contributed by atoms with Crippen molar-refractivity contribution in [3.63, 3.8) is 0 Å². The lowest BCUT2D eigenvalue weighted by Gasteiger charge is -2.30. The van der Waals surface area contributed by atoms with E-state index >= 15 is 0 Å². The third-order valence-electron chi connectivity index (χ3n) is 3.87. The van der Waals surface area contributed by atoms with Crippen molar-refractivity contribution in [2.75, 3.05) is 11.0 Å². The lowest BCUT2D eigenvalue weighted by Crippen LogP contribution is -2.30. The zero-order valence-electron chi connectivity index (χ0n) is 8.61. The van der Waals surface area contributed by atoms with Crippen molar-refractivity contribution in [3.8, 4) is 0 Å². The molecule has 1 heterocycles. The smallest absolute Gasteiger partial charge is 0.0721 e. The average molecular weight is 294 g/mol. The van der Waals surface area contributed by atoms with E-state index in [1.54, 1.807) is 0 Å². The number of alkyl halides is 1. The van der Waals surface area contributed by atoms with Crippen molar-refractivity contribution >= 4 is 22.6 Å². The SMILES string of the molecule is CC1(C)CCC2(CCOC2CI)C1. The summed E-state index contributed by atoms with van der Waals surface area (Å²) in [6, 6.07) is 0. The van der Waals surface area contributed by atoms with Crippen molar-refractivity contribution in [2.24, 2.45) is 10.8 Å². The highest BCUT2D eigenvalue weighted by Gasteiger charge is 2.50. The summed E-state index contributed by atoms with van der Waals surface area (Å²) in [5.41, 5.74) is 1.13. The maximum atomic E-state index is 5.83. The molecule has 2 rings (SSSR count). The van der Waals surface area contributed by atoms with Gasteiger partial charge in [0.15, 0.2) is 0 Å². The predicted octanol–water partition coefficient (Wildman–Crippen LogP) is 3.41. The van der Waals surface area contributed by atoms with E-state index in [9.17, 15) is 0 Å². The van der Waals surface area contributed by atoms with Gasteiger partial charge in [-0.1, -0.05) is 36.4 Å². The summed E-state index contributed by atoms with van der Waals surface area (Å²) < 4.78 is 7.00. The predicted molar refractivity (Wildman–Crippen MR) is 63.3 cm³/mol. The minimum atomic E-state index is 0.551. The molecule has 13 heavy (non-hydrogen) atoms. The van der Waals surface area contributed by atoms with E-state index in [1.807, 2.05) is 0 Å². The van der Waals surface area contributed by atoms with Gasteiger partial charge in [0.25, 0.3) is 0 Å². The molecule has 0 bridgehead atoms. The molecule has 1 nitrogen and oxygen atoms in total. The zero-order chi connectivity index (χ0) is 9.53. The van der Waals surface area contributed by atoms with Crippen LogP contribution in [0.2, 0.25) is 0 Å². The van der Waals surface area contributed by atoms with E-state index in [0.29, 0.717) is 16.9 Å². The second-order valence-corrected chi connectivity index (χ2v) is 6.35. The first-order valence-corrected chi connectivity index (χ1v) is 6.78. The Hall–Kier alpha value is 0.690. The van der Waals surface area contributed by atoms with Gasteiger partial charge in [0.2, 0.25) is 0 Å². The summed E-state index contributed by atoms with van der Waals surface area (Å²) in [4.78, 5) is 0. The summed E-state index contributed by atoms with van der Waals surface area (Å²) in [6.45, 7) is 5.82. The van der Waals surface area contributed by atoms with Crippen LogP contribution in [0.25, 0.3) is 0 Å². The molecule has 2 fully saturated rings. The van der Waals surface area contributed by atoms with E-state index in [0.717, 1.165) is 6.61 Å². The van der Waals surface area contributed by atoms with Gasteiger partial charge in [-0.05, 0) is 31.1 Å². The van der Waals surface area contributed by atoms with Crippen LogP contribution < -0.4 is 0 Å². The molecule has 1 aliphatic heterocycles. The van der Waals surface area contributed by atoms with Crippen molar-refractivity contribution in [1.29, 1.82) is 0 Å². The third-order valence-corrected chi connectivity index (χ3v) is 4.67. The molecule has 0 N–H and O–H groups in total. The first-order chi connectivity index (χ1) is 6.08. The fourth-order valence-electron chi connectivity index (χ4n) is 3.16. The maximum absolute atomic E-state index is 5.83. The maximum Gasteiger partial charge on any atom is 0.0721 e. The van der Waals surface area contributed by atoms with Crippen molar-refractivity contribution < 1.29 is 4.74 Å². The number of hydrogen-bond acceptors (Lipinski definition) is 1. The summed E-state index contributed by atoms with van der Waals surface area (Å²) in [5.74, 6) is 0. The molecule has 0 amide bonds. The van der Waals surface area contributed by atoms with Crippen LogP contribution in [0.5, 0.6) is 0 Å². The normalized spacial score (nSPS) is 43.2. The van der Waals surface area contributed by atoms with Gasteiger partial charge >= 0.3 is 0 Å². The molecule has 1 saturated carbocycles. The molecule has 0 radical (unpaired) electrons. The van der Waals surface area contributed by atoms with Gasteiger partial charge < -0.3 is 4.74 Å². The van der Waals surface area contributed by atoms with Crippen LogP contribution in [0.1, 0.15) is 39.5 Å². The summed E-state index contributed by atoms with van der Waals surface area (Å²) in [7, 11) is 0. The van der Waals surface area contributed by atoms with E-state index in [-0.39, 0.29) is 0 Å². The van der Waals surface area contributed by atoms with Crippen molar-refractivity contribution in [3.05, 3.63) is 0 Å². The molecule has 0 aromatic carbocycles. The van der Waals surface area contributed by atoms with Crippen LogP contribution in [0.15, 0.2) is 0 Å². The summed E-state index contributed by atoms with van der Waals surface area (Å²) in [6.07, 6.45) is 6.03. The Bertz CT molecular complexity index is 202. The third kappa shape index (κ3) is 1.76. The Morgan fingerprint density at radius 1 is 1.31 bits per heavy atom. The number of halogens is 1. The molecule has 1 aliphatic carbocycles. The van der Waals surface area contributed by atoms with Crippen LogP contribution in [0.4, 0.5) is 0 Å². The molecule has 0 aromatic rings. The fourth-order valence-corrected chi connectivity index (χ4v) is 4.34. The topological polar surface area (TPSA) is 9.23 Å². The largest absolute Gasteiger partial charge is 0.377 e. The second kappa shape index (κ2) is 3.37. The lowest BCUT2D eigenvalue weighted by atomic mass is 9.77. The van der Waals surface area contributed by atoms with E-state index in [4.69, 9.17) is 4.74 Å². The first-order valence-electron chi connectivity index (χ1n) is 5.26. The Morgan fingerprint density at radius 2 is 2.08 bits per heavy atom. The highest BCUT2D eigenvalue weighted by atomic mass is 127. The molecule has 2 unspecified atom stereocenters. The van der Waals surface area contributed by atoms with Crippen LogP contribution in [-0.2, 0) is 4.74 Å². The quantitative estimate of drug-likeness (QED) is 0.532. The summed E-state index contributed by atoms with van der Waals surface area (Å²) in [5, 5.41) is 0. The minimum Gasteiger partial charge on any atom is -0.377 e. The first kappa shape index (κ1) is 10.2. The van der Waals surface area contributed by atoms with Crippen LogP contribution in [-0.4, -0.2) is 17.1 Å². The molecule has 2 heteroatoms. The fraction of sp³-hybridized carbons (Fsp3) is 1.00. The van der Waals surface area contributed by atoms with Gasteiger partial charge in [-0.3, -0.25) is 0 Å². The summed E-state index contributed by atoms with van der Waals surface area (Å²) >= 11 is 2.48. The van der Waals surface area contributed by atoms with Crippen LogP contribution in [0, 0.1) is 10.8 Å². The molecular formula is C11H19IO. The Balaban J connectivity index is 2.13. The minimum absolute atomic E-state index is 0.551. The molecule has 1 spiro atoms. The molecule has 2 aliphatic rings. The van der Waals surface area contributed by atoms with E-state index in [1.165, 1.54) is 30.1 Å². The van der Waals surface area contributed by atoms with Gasteiger partial charge in [0, 0.05) is 16.4 Å². The highest BCUT2D eigenvalue weighted by Crippen LogP contribution is 2.56. The Morgan fingerprint density at radius 3 is 2.62 bits per heavy atom. The van der Waals surface area contributed by atoms with Gasteiger partial charge in [-0.15, -0.1) is 0 Å². The Labute approximate surface area is 94.8 Å². The monoisotopic (exact) mass is 294 g/mol. The van der Waals surface area contributed by atoms with Crippen LogP contribution in [0.3, 0.4) is 0 Å². The van der Waals surface area contributed by atoms with Crippen molar-refractivity contribution in [2.45, 2.75) is 45.6 Å². The van der Waals surface area contributed by atoms with E-state index < -0.39 is 0 Å². The molecule has 0 aromatic heterocycles. The van der Waals surface area contributed by atoms with Gasteiger partial charge in [-0.25, -0.2) is 0 Å².